The summed E-state index contributed by atoms with van der Waals surface area (Å²) in [6.45, 7) is -0.582. The van der Waals surface area contributed by atoms with E-state index >= 15 is 0 Å². The van der Waals surface area contributed by atoms with Gasteiger partial charge in [0, 0.05) is 29.5 Å². The average molecular weight is 721 g/mol. The van der Waals surface area contributed by atoms with Crippen molar-refractivity contribution in [3.8, 4) is 0 Å². The summed E-state index contributed by atoms with van der Waals surface area (Å²) in [6.07, 6.45) is 3.44. The highest BCUT2D eigenvalue weighted by Gasteiger charge is 2.66. The van der Waals surface area contributed by atoms with E-state index in [-0.39, 0.29) is 35.9 Å². The van der Waals surface area contributed by atoms with Crippen LogP contribution >= 0.6 is 23.5 Å². The average Bonchev–Trinajstić information content (AvgIpc) is 3.70. The number of aromatic nitrogens is 6. The van der Waals surface area contributed by atoms with Crippen LogP contribution < -0.4 is 16.1 Å². The molecular formula is C24H24N12O9S3. The number of aliphatic carboxylic acids is 1. The van der Waals surface area contributed by atoms with Gasteiger partial charge in [0.2, 0.25) is 21.6 Å². The summed E-state index contributed by atoms with van der Waals surface area (Å²) in [5, 5.41) is 39.7. The highest BCUT2D eigenvalue weighted by atomic mass is 32.2. The van der Waals surface area contributed by atoms with Crippen LogP contribution in [0.4, 0.5) is 9.59 Å². The van der Waals surface area contributed by atoms with Gasteiger partial charge in [-0.25, -0.2) is 32.0 Å². The lowest BCUT2D eigenvalue weighted by atomic mass is 9.95. The Morgan fingerprint density at radius 3 is 2.67 bits per heavy atom. The zero-order valence-electron chi connectivity index (χ0n) is 24.4. The number of β-lactam (4-membered cyclic amide) rings is 1. The number of thioether (sulfide) groups is 2. The van der Waals surface area contributed by atoms with Crippen LogP contribution in [0, 0.1) is 0 Å². The summed E-state index contributed by atoms with van der Waals surface area (Å²) >= 11 is 2.25. The Balaban J connectivity index is 1.21. The summed E-state index contributed by atoms with van der Waals surface area (Å²) in [6, 6.07) is 2.34. The van der Waals surface area contributed by atoms with Crippen LogP contribution in [-0.4, -0.2) is 135 Å². The topological polar surface area (TPSA) is 275 Å². The molecule has 48 heavy (non-hydrogen) atoms. The van der Waals surface area contributed by atoms with Crippen molar-refractivity contribution in [2.45, 2.75) is 22.1 Å². The van der Waals surface area contributed by atoms with E-state index in [4.69, 9.17) is 0 Å². The third-order valence-corrected chi connectivity index (χ3v) is 11.0. The smallest absolute Gasteiger partial charge is 0.352 e. The number of tetrazole rings is 1. The minimum absolute atomic E-state index is 0.0895. The molecule has 1 unspecified atom stereocenters. The molecule has 3 aromatic heterocycles. The second-order valence-corrected chi connectivity index (χ2v) is 14.4. The van der Waals surface area contributed by atoms with Crippen LogP contribution in [0.15, 0.2) is 53.0 Å². The van der Waals surface area contributed by atoms with Crippen molar-refractivity contribution in [2.24, 2.45) is 0 Å². The number of carboxylic acid groups (broad SMARTS) is 1. The molecule has 0 aliphatic carbocycles. The second kappa shape index (κ2) is 12.6. The van der Waals surface area contributed by atoms with Crippen molar-refractivity contribution in [3.63, 3.8) is 0 Å². The molecule has 3 aliphatic rings. The monoisotopic (exact) mass is 720 g/mol. The maximum Gasteiger partial charge on any atom is 0.352 e. The van der Waals surface area contributed by atoms with Gasteiger partial charge in [0.25, 0.3) is 5.91 Å². The number of carbonyl (C=O) groups excluding carboxylic acids is 4. The van der Waals surface area contributed by atoms with Gasteiger partial charge in [0.1, 0.15) is 22.1 Å². The lowest BCUT2D eigenvalue weighted by Crippen LogP contribution is -2.85. The second-order valence-electron chi connectivity index (χ2n) is 10.4. The van der Waals surface area contributed by atoms with Crippen LogP contribution in [0.5, 0.6) is 0 Å². The van der Waals surface area contributed by atoms with Crippen LogP contribution in [-0.2, 0) is 24.4 Å². The molecule has 3 aromatic rings. The zero-order valence-corrected chi connectivity index (χ0v) is 26.9. The maximum absolute atomic E-state index is 13.8. The van der Waals surface area contributed by atoms with E-state index in [9.17, 15) is 42.7 Å². The van der Waals surface area contributed by atoms with Crippen molar-refractivity contribution in [1.29, 1.82) is 0 Å². The maximum atomic E-state index is 13.8. The Morgan fingerprint density at radius 2 is 2.00 bits per heavy atom. The van der Waals surface area contributed by atoms with Gasteiger partial charge in [-0.3, -0.25) is 19.5 Å². The number of urea groups is 2. The molecule has 6 amide bonds. The zero-order chi connectivity index (χ0) is 34.4. The van der Waals surface area contributed by atoms with Crippen molar-refractivity contribution in [2.75, 3.05) is 30.9 Å². The van der Waals surface area contributed by atoms with Crippen molar-refractivity contribution < 1.29 is 42.7 Å². The fourth-order valence-electron chi connectivity index (χ4n) is 5.18. The molecule has 3 atom stereocenters. The number of hydrogen-bond donors (Lipinski definition) is 5. The van der Waals surface area contributed by atoms with Crippen LogP contribution in [0.2, 0.25) is 0 Å². The number of nitrogens with one attached hydrogen (secondary N) is 3. The number of hydroxylamine groups is 1. The largest absolute Gasteiger partial charge is 0.477 e. The van der Waals surface area contributed by atoms with Crippen molar-refractivity contribution in [1.82, 2.24) is 60.5 Å². The Morgan fingerprint density at radius 1 is 1.21 bits per heavy atom. The molecule has 0 bridgehead atoms. The lowest BCUT2D eigenvalue weighted by Gasteiger charge is -2.56. The number of nitrogens with zero attached hydrogens (tertiary/aromatic N) is 9. The SMILES string of the molecule is CS(=O)(=O)N1CCN(C(=O)NC(C(=O)N[C@]2(NO)C(=O)N3C(C(=O)O)=C(CSc4ccc5nnnn5n4)CS[C@@H]32)c2cccnc2)C1=O. The number of carbonyl (C=O) groups is 5. The van der Waals surface area contributed by atoms with Crippen LogP contribution in [0.1, 0.15) is 11.6 Å². The first-order valence-electron chi connectivity index (χ1n) is 13.7. The molecule has 24 heteroatoms. The van der Waals surface area contributed by atoms with E-state index in [0.29, 0.717) is 25.5 Å². The normalized spacial score (nSPS) is 21.6. The minimum atomic E-state index is -3.96. The molecule has 6 rings (SSSR count). The molecule has 6 heterocycles. The van der Waals surface area contributed by atoms with Gasteiger partial charge >= 0.3 is 18.0 Å². The highest BCUT2D eigenvalue weighted by Crippen LogP contribution is 2.46. The number of hydrogen-bond acceptors (Lipinski definition) is 16. The summed E-state index contributed by atoms with van der Waals surface area (Å²) in [7, 11) is -3.96. The highest BCUT2D eigenvalue weighted by molar-refractivity contribution is 8.01. The molecule has 0 aromatic carbocycles. The molecule has 5 N–H and O–H groups in total. The van der Waals surface area contributed by atoms with E-state index in [1.807, 2.05) is 5.48 Å². The molecule has 3 aliphatic heterocycles. The van der Waals surface area contributed by atoms with Gasteiger partial charge in [-0.2, -0.15) is 5.48 Å². The predicted octanol–water partition coefficient (Wildman–Crippen LogP) is -1.80. The molecule has 0 saturated carbocycles. The fraction of sp³-hybridized carbons (Fsp3) is 0.333. The number of imide groups is 1. The van der Waals surface area contributed by atoms with E-state index in [0.717, 1.165) is 22.9 Å². The molecule has 21 nitrogen and oxygen atoms in total. The van der Waals surface area contributed by atoms with E-state index in [1.54, 1.807) is 12.1 Å². The van der Waals surface area contributed by atoms with Crippen molar-refractivity contribution >= 4 is 69.0 Å². The number of fused-ring (bicyclic) bond motifs is 2. The standard InChI is InChI=1S/C24H24N12O9S3/c1-48(44,45)34-8-7-33(23(34)42)22(41)26-16(12-3-2-6-25-9-12)18(37)27-24(30-43)20(40)35-17(19(38)39)13(11-47-21(24)35)10-46-15-5-4-14-28-31-32-36(14)29-15/h2-6,9,16,21,30,43H,7-8,10-11H2,1H3,(H,26,41)(H,27,37)(H,38,39)/t16?,21-,24+/m1/s1. The molecule has 2 fully saturated rings. The quantitative estimate of drug-likeness (QED) is 0.0669. The van der Waals surface area contributed by atoms with Crippen molar-refractivity contribution in [3.05, 3.63) is 53.5 Å². The fourth-order valence-corrected chi connectivity index (χ4v) is 8.37. The summed E-state index contributed by atoms with van der Waals surface area (Å²) in [5.74, 6) is -3.24. The number of rotatable bonds is 10. The number of sulfonamides is 1. The number of carboxylic acids is 1. The molecule has 2 saturated heterocycles. The molecule has 0 radical (unpaired) electrons. The number of pyridine rings is 1. The summed E-state index contributed by atoms with van der Waals surface area (Å²) < 4.78 is 25.5. The summed E-state index contributed by atoms with van der Waals surface area (Å²) in [5.41, 5.74) is 0.175. The molecular weight excluding hydrogens is 697 g/mol. The van der Waals surface area contributed by atoms with Gasteiger partial charge in [0.15, 0.2) is 5.65 Å². The Labute approximate surface area is 278 Å². The minimum Gasteiger partial charge on any atom is -0.477 e. The third-order valence-electron chi connectivity index (χ3n) is 7.46. The first kappa shape index (κ1) is 33.0. The lowest BCUT2D eigenvalue weighted by molar-refractivity contribution is -0.171. The third kappa shape index (κ3) is 5.76. The molecule has 252 valence electrons. The number of amides is 6. The van der Waals surface area contributed by atoms with Gasteiger partial charge in [0.05, 0.1) is 19.3 Å². The van der Waals surface area contributed by atoms with E-state index in [2.05, 4.69) is 36.2 Å². The van der Waals surface area contributed by atoms with Gasteiger partial charge < -0.3 is 20.9 Å². The Bertz CT molecular complexity index is 1980. The van der Waals surface area contributed by atoms with Crippen LogP contribution in [0.25, 0.3) is 5.65 Å². The van der Waals surface area contributed by atoms with Gasteiger partial charge in [-0.05, 0) is 34.2 Å². The summed E-state index contributed by atoms with van der Waals surface area (Å²) in [4.78, 5) is 71.0. The first-order valence-corrected chi connectivity index (χ1v) is 17.6. The Kier molecular flexibility index (Phi) is 8.67. The van der Waals surface area contributed by atoms with E-state index in [1.165, 1.54) is 40.9 Å². The predicted molar refractivity (Wildman–Crippen MR) is 162 cm³/mol. The molecule has 0 spiro atoms. The van der Waals surface area contributed by atoms with Crippen LogP contribution in [0.3, 0.4) is 0 Å². The Hall–Kier alpha value is -4.91. The van der Waals surface area contributed by atoms with Gasteiger partial charge in [-0.1, -0.05) is 6.07 Å². The van der Waals surface area contributed by atoms with E-state index < -0.39 is 56.9 Å². The first-order chi connectivity index (χ1) is 22.9. The van der Waals surface area contributed by atoms with Gasteiger partial charge in [-0.15, -0.1) is 38.4 Å².